The molecule has 6 nitrogen and oxygen atoms in total. The SMILES string of the molecule is CCCCCOc1c(Cl)cc(C(=O)Nc2ccc(S(=O)(=O)N(CC)c3ccccc3)cc2)cc1Cl. The van der Waals surface area contributed by atoms with Crippen molar-refractivity contribution in [3.8, 4) is 5.75 Å². The molecule has 3 aromatic carbocycles. The molecule has 0 aliphatic rings. The number of amides is 1. The zero-order valence-corrected chi connectivity index (χ0v) is 22.0. The van der Waals surface area contributed by atoms with Crippen LogP contribution in [0.2, 0.25) is 10.0 Å². The van der Waals surface area contributed by atoms with Crippen LogP contribution in [-0.4, -0.2) is 27.5 Å². The van der Waals surface area contributed by atoms with Crippen molar-refractivity contribution in [2.75, 3.05) is 22.8 Å². The number of rotatable bonds is 11. The van der Waals surface area contributed by atoms with E-state index >= 15 is 0 Å². The Labute approximate surface area is 216 Å². The maximum atomic E-state index is 13.1. The number of anilines is 2. The van der Waals surface area contributed by atoms with E-state index < -0.39 is 15.9 Å². The van der Waals surface area contributed by atoms with Crippen LogP contribution in [0.1, 0.15) is 43.5 Å². The molecule has 1 N–H and O–H groups in total. The van der Waals surface area contributed by atoms with Gasteiger partial charge in [-0.25, -0.2) is 8.42 Å². The van der Waals surface area contributed by atoms with Crippen molar-refractivity contribution in [3.05, 3.63) is 82.3 Å². The normalized spacial score (nSPS) is 11.2. The zero-order chi connectivity index (χ0) is 25.4. The van der Waals surface area contributed by atoms with E-state index in [2.05, 4.69) is 12.2 Å². The smallest absolute Gasteiger partial charge is 0.264 e. The van der Waals surface area contributed by atoms with Gasteiger partial charge in [-0.15, -0.1) is 0 Å². The Morgan fingerprint density at radius 1 is 0.943 bits per heavy atom. The standard InChI is InChI=1S/C26H28Cl2N2O4S/c1-3-5-9-16-34-25-23(27)17-19(18-24(25)28)26(31)29-20-12-14-22(15-13-20)35(32,33)30(4-2)21-10-7-6-8-11-21/h6-8,10-15,17-18H,3-5,9,16H2,1-2H3,(H,29,31). The summed E-state index contributed by atoms with van der Waals surface area (Å²) < 4.78 is 33.3. The predicted molar refractivity (Wildman–Crippen MR) is 143 cm³/mol. The van der Waals surface area contributed by atoms with Crippen molar-refractivity contribution in [1.29, 1.82) is 0 Å². The highest BCUT2D eigenvalue weighted by atomic mass is 35.5. The average Bonchev–Trinajstić information content (AvgIpc) is 2.84. The molecule has 0 atom stereocenters. The maximum absolute atomic E-state index is 13.1. The van der Waals surface area contributed by atoms with Crippen LogP contribution in [-0.2, 0) is 10.0 Å². The van der Waals surface area contributed by atoms with E-state index in [1.807, 2.05) is 6.07 Å². The molecule has 9 heteroatoms. The van der Waals surface area contributed by atoms with Crippen molar-refractivity contribution in [3.63, 3.8) is 0 Å². The predicted octanol–water partition coefficient (Wildman–Crippen LogP) is 7.03. The molecule has 0 aliphatic carbocycles. The first-order chi connectivity index (χ1) is 16.8. The molecule has 0 unspecified atom stereocenters. The lowest BCUT2D eigenvalue weighted by molar-refractivity contribution is 0.102. The van der Waals surface area contributed by atoms with Gasteiger partial charge in [-0.2, -0.15) is 0 Å². The molecule has 186 valence electrons. The third-order valence-electron chi connectivity index (χ3n) is 5.29. The molecule has 0 spiro atoms. The molecular formula is C26H28Cl2N2O4S. The van der Waals surface area contributed by atoms with E-state index in [0.29, 0.717) is 23.7 Å². The van der Waals surface area contributed by atoms with Gasteiger partial charge < -0.3 is 10.1 Å². The van der Waals surface area contributed by atoms with E-state index in [-0.39, 0.29) is 27.0 Å². The van der Waals surface area contributed by atoms with Crippen LogP contribution in [0.15, 0.2) is 71.6 Å². The van der Waals surface area contributed by atoms with Crippen LogP contribution >= 0.6 is 23.2 Å². The highest BCUT2D eigenvalue weighted by Gasteiger charge is 2.23. The molecule has 0 bridgehead atoms. The third kappa shape index (κ3) is 6.69. The molecule has 0 radical (unpaired) electrons. The van der Waals surface area contributed by atoms with E-state index in [1.165, 1.54) is 40.7 Å². The number of benzene rings is 3. The van der Waals surface area contributed by atoms with E-state index in [4.69, 9.17) is 27.9 Å². The van der Waals surface area contributed by atoms with Crippen LogP contribution < -0.4 is 14.4 Å². The number of hydrogen-bond donors (Lipinski definition) is 1. The number of carbonyl (C=O) groups excluding carboxylic acids is 1. The molecule has 0 fully saturated rings. The summed E-state index contributed by atoms with van der Waals surface area (Å²) in [6, 6.07) is 17.9. The number of hydrogen-bond acceptors (Lipinski definition) is 4. The number of nitrogens with one attached hydrogen (secondary N) is 1. The van der Waals surface area contributed by atoms with Gasteiger partial charge in [-0.3, -0.25) is 9.10 Å². The fraction of sp³-hybridized carbons (Fsp3) is 0.269. The van der Waals surface area contributed by atoms with Gasteiger partial charge in [-0.1, -0.05) is 61.2 Å². The van der Waals surface area contributed by atoms with Gasteiger partial charge in [0.25, 0.3) is 15.9 Å². The van der Waals surface area contributed by atoms with Crippen LogP contribution in [0.4, 0.5) is 11.4 Å². The van der Waals surface area contributed by atoms with E-state index in [0.717, 1.165) is 19.3 Å². The van der Waals surface area contributed by atoms with Crippen LogP contribution in [0.3, 0.4) is 0 Å². The Balaban J connectivity index is 1.72. The summed E-state index contributed by atoms with van der Waals surface area (Å²) in [5.74, 6) is -0.0733. The molecule has 0 heterocycles. The second-order valence-corrected chi connectivity index (χ2v) is 10.5. The number of carbonyl (C=O) groups is 1. The Bertz CT molecular complexity index is 1230. The topological polar surface area (TPSA) is 75.7 Å². The minimum atomic E-state index is -3.76. The van der Waals surface area contributed by atoms with Gasteiger partial charge in [0.1, 0.15) is 0 Å². The average molecular weight is 535 g/mol. The molecule has 35 heavy (non-hydrogen) atoms. The first-order valence-electron chi connectivity index (χ1n) is 11.4. The Morgan fingerprint density at radius 3 is 2.14 bits per heavy atom. The maximum Gasteiger partial charge on any atom is 0.264 e. The lowest BCUT2D eigenvalue weighted by atomic mass is 10.2. The second kappa shape index (κ2) is 12.3. The minimum Gasteiger partial charge on any atom is -0.490 e. The first-order valence-corrected chi connectivity index (χ1v) is 13.6. The van der Waals surface area contributed by atoms with Crippen molar-refractivity contribution >= 4 is 50.5 Å². The second-order valence-electron chi connectivity index (χ2n) is 7.81. The number of sulfonamides is 1. The van der Waals surface area contributed by atoms with Gasteiger partial charge in [0.2, 0.25) is 0 Å². The summed E-state index contributed by atoms with van der Waals surface area (Å²) in [6.07, 6.45) is 3.00. The largest absolute Gasteiger partial charge is 0.490 e. The Hall–Kier alpha value is -2.74. The summed E-state index contributed by atoms with van der Waals surface area (Å²) >= 11 is 12.6. The Morgan fingerprint density at radius 2 is 1.57 bits per heavy atom. The summed E-state index contributed by atoms with van der Waals surface area (Å²) in [4.78, 5) is 12.9. The van der Waals surface area contributed by atoms with Gasteiger partial charge >= 0.3 is 0 Å². The van der Waals surface area contributed by atoms with Crippen LogP contribution in [0.5, 0.6) is 5.75 Å². The lowest BCUT2D eigenvalue weighted by Gasteiger charge is -2.23. The van der Waals surface area contributed by atoms with Crippen molar-refractivity contribution < 1.29 is 17.9 Å². The first kappa shape index (κ1) is 26.9. The van der Waals surface area contributed by atoms with Gasteiger partial charge in [0.15, 0.2) is 5.75 Å². The molecular weight excluding hydrogens is 507 g/mol. The van der Waals surface area contributed by atoms with Crippen molar-refractivity contribution in [1.82, 2.24) is 0 Å². The quantitative estimate of drug-likeness (QED) is 0.268. The van der Waals surface area contributed by atoms with Crippen molar-refractivity contribution in [2.24, 2.45) is 0 Å². The lowest BCUT2D eigenvalue weighted by Crippen LogP contribution is -2.30. The number of nitrogens with zero attached hydrogens (tertiary/aromatic N) is 1. The minimum absolute atomic E-state index is 0.122. The van der Waals surface area contributed by atoms with E-state index in [1.54, 1.807) is 31.2 Å². The number of ether oxygens (including phenoxy) is 1. The fourth-order valence-electron chi connectivity index (χ4n) is 3.48. The van der Waals surface area contributed by atoms with Crippen LogP contribution in [0, 0.1) is 0 Å². The highest BCUT2D eigenvalue weighted by molar-refractivity contribution is 7.92. The summed E-state index contributed by atoms with van der Waals surface area (Å²) in [5.41, 5.74) is 1.28. The highest BCUT2D eigenvalue weighted by Crippen LogP contribution is 2.35. The molecule has 0 saturated heterocycles. The monoisotopic (exact) mass is 534 g/mol. The van der Waals surface area contributed by atoms with Gasteiger partial charge in [0, 0.05) is 17.8 Å². The number of halogens is 2. The van der Waals surface area contributed by atoms with Crippen molar-refractivity contribution in [2.45, 2.75) is 38.0 Å². The van der Waals surface area contributed by atoms with Gasteiger partial charge in [0.05, 0.1) is 27.2 Å². The van der Waals surface area contributed by atoms with Crippen LogP contribution in [0.25, 0.3) is 0 Å². The molecule has 0 saturated carbocycles. The molecule has 0 aromatic heterocycles. The molecule has 3 rings (SSSR count). The number of para-hydroxylation sites is 1. The van der Waals surface area contributed by atoms with E-state index in [9.17, 15) is 13.2 Å². The summed E-state index contributed by atoms with van der Waals surface area (Å²) in [5, 5.41) is 3.24. The molecule has 3 aromatic rings. The Kier molecular flexibility index (Phi) is 9.43. The molecule has 0 aliphatic heterocycles. The molecule has 1 amide bonds. The third-order valence-corrected chi connectivity index (χ3v) is 7.77. The zero-order valence-electron chi connectivity index (χ0n) is 19.6. The fourth-order valence-corrected chi connectivity index (χ4v) is 5.55. The van der Waals surface area contributed by atoms with Gasteiger partial charge in [-0.05, 0) is 61.9 Å². The summed E-state index contributed by atoms with van der Waals surface area (Å²) in [7, 11) is -3.76. The number of unbranched alkanes of at least 4 members (excludes halogenated alkanes) is 2. The summed E-state index contributed by atoms with van der Waals surface area (Å²) in [6.45, 7) is 4.65.